The summed E-state index contributed by atoms with van der Waals surface area (Å²) in [6.07, 6.45) is -0.753. The van der Waals surface area contributed by atoms with Gasteiger partial charge in [-0.15, -0.1) is 11.6 Å². The lowest BCUT2D eigenvalue weighted by Crippen LogP contribution is -2.45. The summed E-state index contributed by atoms with van der Waals surface area (Å²) in [6.45, 7) is 0.0528. The lowest BCUT2D eigenvalue weighted by molar-refractivity contribution is 0.0321. The molecule has 1 rings (SSSR count). The molecule has 18 heavy (non-hydrogen) atoms. The summed E-state index contributed by atoms with van der Waals surface area (Å²) in [6, 6.07) is 0. The third-order valence-electron chi connectivity index (χ3n) is 1.68. The van der Waals surface area contributed by atoms with Crippen molar-refractivity contribution < 1.29 is 14.3 Å². The minimum absolute atomic E-state index is 0.0528. The highest BCUT2D eigenvalue weighted by Gasteiger charge is 2.53. The summed E-state index contributed by atoms with van der Waals surface area (Å²) in [7, 11) is 0. The summed E-state index contributed by atoms with van der Waals surface area (Å²) in [5.41, 5.74) is 1.09. The van der Waals surface area contributed by atoms with Crippen LogP contribution >= 0.6 is 81.2 Å². The van der Waals surface area contributed by atoms with Gasteiger partial charge in [0.25, 0.3) is 0 Å². The van der Waals surface area contributed by atoms with Gasteiger partial charge in [-0.3, -0.25) is 0 Å². The van der Waals surface area contributed by atoms with E-state index in [2.05, 4.69) is 9.47 Å². The Morgan fingerprint density at radius 1 is 1.33 bits per heavy atom. The van der Waals surface area contributed by atoms with Crippen LogP contribution in [0.5, 0.6) is 0 Å². The van der Waals surface area contributed by atoms with Gasteiger partial charge in [0, 0.05) is 12.0 Å². The van der Waals surface area contributed by atoms with Crippen molar-refractivity contribution in [2.24, 2.45) is 0 Å². The second-order valence-electron chi connectivity index (χ2n) is 2.92. The number of hydrogen-bond donors (Lipinski definition) is 0. The van der Waals surface area contributed by atoms with Gasteiger partial charge < -0.3 is 9.47 Å². The van der Waals surface area contributed by atoms with Gasteiger partial charge in [-0.05, 0) is 0 Å². The standard InChI is InChI=1S/C6H6Cl4O3.C2HCl3/c7-3-6(10)5(8,9)1-2-12-4(11)13-6;3-1-2(4)5/h1-3H2;1H. The number of carbonyl (C=O) groups is 1. The topological polar surface area (TPSA) is 35.5 Å². The summed E-state index contributed by atoms with van der Waals surface area (Å²) in [4.78, 5) is 10.8. The van der Waals surface area contributed by atoms with Crippen molar-refractivity contribution in [1.29, 1.82) is 0 Å². The summed E-state index contributed by atoms with van der Waals surface area (Å²) in [5, 5.41) is -1.63. The molecule has 1 aliphatic rings. The largest absolute Gasteiger partial charge is 0.510 e. The van der Waals surface area contributed by atoms with Crippen LogP contribution in [0.25, 0.3) is 0 Å². The van der Waals surface area contributed by atoms with Gasteiger partial charge in [0.2, 0.25) is 5.06 Å². The first-order chi connectivity index (χ1) is 8.18. The van der Waals surface area contributed by atoms with Crippen molar-refractivity contribution in [2.45, 2.75) is 15.8 Å². The number of halogens is 7. The van der Waals surface area contributed by atoms with E-state index in [1.54, 1.807) is 0 Å². The van der Waals surface area contributed by atoms with Gasteiger partial charge in [0.15, 0.2) is 4.33 Å². The normalized spacial score (nSPS) is 25.8. The molecule has 0 saturated carbocycles. The van der Waals surface area contributed by atoms with Crippen molar-refractivity contribution in [3.05, 3.63) is 10.0 Å². The molecule has 0 aromatic rings. The lowest BCUT2D eigenvalue weighted by Gasteiger charge is -2.32. The van der Waals surface area contributed by atoms with Crippen LogP contribution in [0.3, 0.4) is 0 Å². The molecule has 3 nitrogen and oxygen atoms in total. The van der Waals surface area contributed by atoms with E-state index in [9.17, 15) is 4.79 Å². The molecule has 0 aromatic heterocycles. The maximum atomic E-state index is 10.8. The first kappa shape index (κ1) is 19.0. The third kappa shape index (κ3) is 6.00. The number of hydrogen-bond acceptors (Lipinski definition) is 3. The molecule has 0 aliphatic carbocycles. The van der Waals surface area contributed by atoms with Gasteiger partial charge in [-0.2, -0.15) is 0 Å². The monoisotopic (exact) mass is 396 g/mol. The molecule has 1 unspecified atom stereocenters. The van der Waals surface area contributed by atoms with Crippen LogP contribution in [-0.2, 0) is 9.47 Å². The Bertz CT molecular complexity index is 316. The van der Waals surface area contributed by atoms with Gasteiger partial charge in [-0.25, -0.2) is 4.79 Å². The van der Waals surface area contributed by atoms with Crippen molar-refractivity contribution in [2.75, 3.05) is 12.5 Å². The Kier molecular flexibility index (Phi) is 8.84. The Morgan fingerprint density at radius 3 is 2.22 bits per heavy atom. The molecular weight excluding hydrogens is 392 g/mol. The van der Waals surface area contributed by atoms with Crippen molar-refractivity contribution >= 4 is 87.4 Å². The average molecular weight is 399 g/mol. The summed E-state index contributed by atoms with van der Waals surface area (Å²) < 4.78 is 7.88. The van der Waals surface area contributed by atoms with Gasteiger partial charge in [-0.1, -0.05) is 69.6 Å². The zero-order valence-electron chi connectivity index (χ0n) is 8.57. The molecule has 1 saturated heterocycles. The molecule has 0 bridgehead atoms. The van der Waals surface area contributed by atoms with Gasteiger partial charge >= 0.3 is 6.16 Å². The maximum Gasteiger partial charge on any atom is 0.510 e. The maximum absolute atomic E-state index is 10.8. The highest BCUT2D eigenvalue weighted by Crippen LogP contribution is 2.45. The van der Waals surface area contributed by atoms with Crippen molar-refractivity contribution in [3.63, 3.8) is 0 Å². The zero-order valence-corrected chi connectivity index (χ0v) is 13.9. The van der Waals surface area contributed by atoms with E-state index < -0.39 is 15.5 Å². The number of carbonyl (C=O) groups excluding carboxylic acids is 1. The quantitative estimate of drug-likeness (QED) is 0.438. The molecule has 1 aliphatic heterocycles. The molecule has 0 N–H and O–H groups in total. The van der Waals surface area contributed by atoms with Crippen LogP contribution < -0.4 is 0 Å². The van der Waals surface area contributed by atoms with E-state index in [4.69, 9.17) is 81.2 Å². The first-order valence-electron chi connectivity index (χ1n) is 4.28. The Morgan fingerprint density at radius 2 is 1.83 bits per heavy atom. The predicted molar refractivity (Wildman–Crippen MR) is 76.4 cm³/mol. The second-order valence-corrected chi connectivity index (χ2v) is 6.50. The van der Waals surface area contributed by atoms with E-state index in [1.165, 1.54) is 0 Å². The fraction of sp³-hybridized carbons (Fsp3) is 0.625. The molecule has 0 radical (unpaired) electrons. The first-order valence-corrected chi connectivity index (χ1v) is 7.14. The molecule has 0 spiro atoms. The number of cyclic esters (lactones) is 2. The molecule has 106 valence electrons. The highest BCUT2D eigenvalue weighted by atomic mass is 35.5. The van der Waals surface area contributed by atoms with Gasteiger partial charge in [0.1, 0.15) is 4.49 Å². The van der Waals surface area contributed by atoms with Crippen molar-refractivity contribution in [3.8, 4) is 0 Å². The molecule has 10 heteroatoms. The number of alkyl halides is 4. The van der Waals surface area contributed by atoms with Crippen LogP contribution in [0, 0.1) is 0 Å². The van der Waals surface area contributed by atoms with Crippen LogP contribution in [0.15, 0.2) is 10.0 Å². The van der Waals surface area contributed by atoms with Crippen LogP contribution in [0.4, 0.5) is 4.79 Å². The van der Waals surface area contributed by atoms with E-state index in [1.807, 2.05) is 0 Å². The van der Waals surface area contributed by atoms with E-state index >= 15 is 0 Å². The Labute approximate surface area is 139 Å². The Balaban J connectivity index is 0.000000494. The summed E-state index contributed by atoms with van der Waals surface area (Å²) in [5.74, 6) is -0.212. The Hall–Kier alpha value is 1.04. The molecule has 1 fully saturated rings. The zero-order chi connectivity index (χ0) is 14.4. The molecule has 0 amide bonds. The molecule has 1 heterocycles. The van der Waals surface area contributed by atoms with Crippen LogP contribution in [-0.4, -0.2) is 28.0 Å². The second kappa shape index (κ2) is 8.35. The van der Waals surface area contributed by atoms with E-state index in [-0.39, 0.29) is 23.4 Å². The van der Waals surface area contributed by atoms with E-state index in [0.717, 1.165) is 5.54 Å². The molecular formula is C8H7Cl7O3. The number of rotatable bonds is 1. The van der Waals surface area contributed by atoms with Crippen LogP contribution in [0.2, 0.25) is 0 Å². The van der Waals surface area contributed by atoms with Crippen LogP contribution in [0.1, 0.15) is 6.42 Å². The molecule has 1 atom stereocenters. The highest BCUT2D eigenvalue weighted by molar-refractivity contribution is 6.58. The summed E-state index contributed by atoms with van der Waals surface area (Å²) >= 11 is 37.8. The fourth-order valence-electron chi connectivity index (χ4n) is 0.810. The SMILES string of the molecule is ClC=C(Cl)Cl.O=C1OCCC(Cl)(Cl)C(Cl)(CCl)O1. The fourth-order valence-corrected chi connectivity index (χ4v) is 1.75. The smallest absolute Gasteiger partial charge is 0.434 e. The minimum Gasteiger partial charge on any atom is -0.434 e. The van der Waals surface area contributed by atoms with E-state index in [0.29, 0.717) is 0 Å². The number of ether oxygens (including phenoxy) is 2. The van der Waals surface area contributed by atoms with Crippen molar-refractivity contribution in [1.82, 2.24) is 0 Å². The third-order valence-corrected chi connectivity index (χ3v) is 4.57. The average Bonchev–Trinajstić information content (AvgIpc) is 2.37. The van der Waals surface area contributed by atoms with Gasteiger partial charge in [0.05, 0.1) is 12.5 Å². The predicted octanol–water partition coefficient (Wildman–Crippen LogP) is 5.39. The molecule has 0 aromatic carbocycles. The minimum atomic E-state index is -1.63. The lowest BCUT2D eigenvalue weighted by atomic mass is 10.2.